The van der Waals surface area contributed by atoms with E-state index in [0.29, 0.717) is 18.1 Å². The van der Waals surface area contributed by atoms with E-state index in [2.05, 4.69) is 0 Å². The van der Waals surface area contributed by atoms with E-state index < -0.39 is 28.4 Å². The van der Waals surface area contributed by atoms with Gasteiger partial charge in [-0.25, -0.2) is 13.2 Å². The summed E-state index contributed by atoms with van der Waals surface area (Å²) in [6.45, 7) is 0.527. The monoisotopic (exact) mass is 436 g/mol. The third-order valence-electron chi connectivity index (χ3n) is 4.70. The number of hydrogen-bond acceptors (Lipinski definition) is 6. The summed E-state index contributed by atoms with van der Waals surface area (Å²) in [5.41, 5.74) is 6.25. The Morgan fingerprint density at radius 1 is 1.03 bits per heavy atom. The first-order chi connectivity index (χ1) is 13.8. The van der Waals surface area contributed by atoms with Crippen LogP contribution in [-0.4, -0.2) is 44.2 Å². The Hall–Kier alpha value is -2.42. The highest BCUT2D eigenvalue weighted by Gasteiger charge is 2.26. The molecule has 154 valence electrons. The second-order valence-electron chi connectivity index (χ2n) is 6.72. The third-order valence-corrected chi connectivity index (χ3v) is 6.84. The molecule has 1 fully saturated rings. The molecule has 2 aromatic rings. The van der Waals surface area contributed by atoms with Gasteiger partial charge in [0.05, 0.1) is 10.5 Å². The van der Waals surface area contributed by atoms with E-state index in [4.69, 9.17) is 22.1 Å². The fourth-order valence-electron chi connectivity index (χ4n) is 3.08. The van der Waals surface area contributed by atoms with Gasteiger partial charge in [-0.15, -0.1) is 0 Å². The number of sulfonamides is 1. The molecule has 0 amide bonds. The van der Waals surface area contributed by atoms with E-state index >= 15 is 0 Å². The summed E-state index contributed by atoms with van der Waals surface area (Å²) in [4.78, 5) is 24.5. The molecule has 0 radical (unpaired) electrons. The molecular formula is C20H21ClN2O5S. The average Bonchev–Trinajstić information content (AvgIpc) is 2.72. The van der Waals surface area contributed by atoms with Crippen LogP contribution in [0, 0.1) is 0 Å². The van der Waals surface area contributed by atoms with Gasteiger partial charge in [0.15, 0.2) is 12.4 Å². The minimum Gasteiger partial charge on any atom is -0.454 e. The number of nitrogen functional groups attached to an aromatic ring is 1. The minimum absolute atomic E-state index is 0.116. The minimum atomic E-state index is -3.56. The van der Waals surface area contributed by atoms with E-state index in [1.165, 1.54) is 46.8 Å². The van der Waals surface area contributed by atoms with Gasteiger partial charge in [0, 0.05) is 29.4 Å². The van der Waals surface area contributed by atoms with Gasteiger partial charge in [-0.2, -0.15) is 4.31 Å². The Bertz CT molecular complexity index is 1020. The zero-order valence-corrected chi connectivity index (χ0v) is 17.2. The van der Waals surface area contributed by atoms with Crippen LogP contribution >= 0.6 is 11.6 Å². The van der Waals surface area contributed by atoms with Crippen molar-refractivity contribution in [3.8, 4) is 0 Å². The van der Waals surface area contributed by atoms with Crippen molar-refractivity contribution in [1.29, 1.82) is 0 Å². The smallest absolute Gasteiger partial charge is 0.340 e. The van der Waals surface area contributed by atoms with Gasteiger partial charge in [0.1, 0.15) is 0 Å². The number of ketones is 1. The maximum atomic E-state index is 12.6. The summed E-state index contributed by atoms with van der Waals surface area (Å²) >= 11 is 5.79. The molecule has 9 heteroatoms. The van der Waals surface area contributed by atoms with E-state index in [0.717, 1.165) is 19.3 Å². The highest BCUT2D eigenvalue weighted by molar-refractivity contribution is 7.89. The van der Waals surface area contributed by atoms with Crippen LogP contribution in [0.1, 0.15) is 40.0 Å². The topological polar surface area (TPSA) is 107 Å². The number of anilines is 1. The summed E-state index contributed by atoms with van der Waals surface area (Å²) in [7, 11) is -3.56. The predicted octanol–water partition coefficient (Wildman–Crippen LogP) is 3.14. The highest BCUT2D eigenvalue weighted by Crippen LogP contribution is 2.21. The van der Waals surface area contributed by atoms with Crippen molar-refractivity contribution in [2.45, 2.75) is 24.2 Å². The SMILES string of the molecule is Nc1cc(Cl)ccc1C(=O)OCC(=O)c1ccc(S(=O)(=O)N2CCCCC2)cc1. The number of nitrogens with zero attached hydrogens (tertiary/aromatic N) is 1. The summed E-state index contributed by atoms with van der Waals surface area (Å²) < 4.78 is 31.8. The predicted molar refractivity (Wildman–Crippen MR) is 110 cm³/mol. The van der Waals surface area contributed by atoms with Crippen LogP contribution in [0.2, 0.25) is 5.02 Å². The van der Waals surface area contributed by atoms with Gasteiger partial charge in [-0.1, -0.05) is 18.0 Å². The lowest BCUT2D eigenvalue weighted by molar-refractivity contribution is 0.0476. The number of halogens is 1. The Morgan fingerprint density at radius 3 is 2.31 bits per heavy atom. The normalized spacial score (nSPS) is 15.1. The quantitative estimate of drug-likeness (QED) is 0.423. The molecule has 1 heterocycles. The molecule has 1 aliphatic rings. The number of nitrogens with two attached hydrogens (primary N) is 1. The maximum absolute atomic E-state index is 12.6. The zero-order chi connectivity index (χ0) is 21.0. The number of carbonyl (C=O) groups is 2. The number of rotatable bonds is 6. The van der Waals surface area contributed by atoms with E-state index in [-0.39, 0.29) is 21.7 Å². The first-order valence-corrected chi connectivity index (χ1v) is 11.0. The van der Waals surface area contributed by atoms with Gasteiger partial charge < -0.3 is 10.5 Å². The molecule has 0 spiro atoms. The highest BCUT2D eigenvalue weighted by atomic mass is 35.5. The first kappa shape index (κ1) is 21.3. The number of benzene rings is 2. The van der Waals surface area contributed by atoms with Crippen molar-refractivity contribution in [2.75, 3.05) is 25.4 Å². The molecular weight excluding hydrogens is 416 g/mol. The zero-order valence-electron chi connectivity index (χ0n) is 15.6. The van der Waals surface area contributed by atoms with Crippen molar-refractivity contribution >= 4 is 39.1 Å². The van der Waals surface area contributed by atoms with Gasteiger partial charge >= 0.3 is 5.97 Å². The van der Waals surface area contributed by atoms with Crippen LogP contribution in [0.15, 0.2) is 47.4 Å². The van der Waals surface area contributed by atoms with Crippen LogP contribution in [0.25, 0.3) is 0 Å². The Labute approximate surface area is 174 Å². The lowest BCUT2D eigenvalue weighted by atomic mass is 10.1. The number of ether oxygens (including phenoxy) is 1. The number of Topliss-reactive ketones (excluding diaryl/α,β-unsaturated/α-hetero) is 1. The molecule has 2 aromatic carbocycles. The molecule has 0 saturated carbocycles. The second-order valence-corrected chi connectivity index (χ2v) is 9.09. The Kier molecular flexibility index (Phi) is 6.56. The molecule has 0 atom stereocenters. The number of piperidine rings is 1. The van der Waals surface area contributed by atoms with Crippen molar-refractivity contribution in [2.24, 2.45) is 0 Å². The summed E-state index contributed by atoms with van der Waals surface area (Å²) in [6.07, 6.45) is 2.72. The molecule has 1 saturated heterocycles. The van der Waals surface area contributed by atoms with Gasteiger partial charge in [0.2, 0.25) is 10.0 Å². The molecule has 3 rings (SSSR count). The van der Waals surface area contributed by atoms with Crippen LogP contribution < -0.4 is 5.73 Å². The van der Waals surface area contributed by atoms with Crippen molar-refractivity contribution in [3.05, 3.63) is 58.6 Å². The van der Waals surface area contributed by atoms with Crippen molar-refractivity contribution < 1.29 is 22.7 Å². The van der Waals surface area contributed by atoms with Crippen molar-refractivity contribution in [3.63, 3.8) is 0 Å². The maximum Gasteiger partial charge on any atom is 0.340 e. The van der Waals surface area contributed by atoms with E-state index in [1.807, 2.05) is 0 Å². The van der Waals surface area contributed by atoms with Crippen LogP contribution in [0.5, 0.6) is 0 Å². The lowest BCUT2D eigenvalue weighted by Gasteiger charge is -2.25. The van der Waals surface area contributed by atoms with Crippen molar-refractivity contribution in [1.82, 2.24) is 4.31 Å². The van der Waals surface area contributed by atoms with E-state index in [9.17, 15) is 18.0 Å². The third kappa shape index (κ3) is 4.95. The van der Waals surface area contributed by atoms with Crippen LogP contribution in [-0.2, 0) is 14.8 Å². The number of carbonyl (C=O) groups excluding carboxylic acids is 2. The molecule has 2 N–H and O–H groups in total. The Morgan fingerprint density at radius 2 is 1.69 bits per heavy atom. The number of esters is 1. The second kappa shape index (κ2) is 8.94. The molecule has 7 nitrogen and oxygen atoms in total. The Balaban J connectivity index is 1.63. The fourth-order valence-corrected chi connectivity index (χ4v) is 4.78. The molecule has 1 aliphatic heterocycles. The summed E-state index contributed by atoms with van der Waals surface area (Å²) in [5, 5.41) is 0.384. The molecule has 0 aromatic heterocycles. The largest absolute Gasteiger partial charge is 0.454 e. The standard InChI is InChI=1S/C20H21ClN2O5S/c21-15-6-9-17(18(22)12-15)20(25)28-13-19(24)14-4-7-16(8-5-14)29(26,27)23-10-2-1-3-11-23/h4-9,12H,1-3,10-11,13,22H2. The van der Waals surface area contributed by atoms with Crippen LogP contribution in [0.3, 0.4) is 0 Å². The van der Waals surface area contributed by atoms with Gasteiger partial charge in [-0.05, 0) is 55.3 Å². The number of hydrogen-bond donors (Lipinski definition) is 1. The molecule has 0 aliphatic carbocycles. The van der Waals surface area contributed by atoms with Gasteiger partial charge in [-0.3, -0.25) is 4.79 Å². The summed E-state index contributed by atoms with van der Waals surface area (Å²) in [6, 6.07) is 9.98. The summed E-state index contributed by atoms with van der Waals surface area (Å²) in [5.74, 6) is -1.19. The van der Waals surface area contributed by atoms with Crippen LogP contribution in [0.4, 0.5) is 5.69 Å². The first-order valence-electron chi connectivity index (χ1n) is 9.14. The molecule has 29 heavy (non-hydrogen) atoms. The lowest BCUT2D eigenvalue weighted by Crippen LogP contribution is -2.35. The van der Waals surface area contributed by atoms with E-state index in [1.54, 1.807) is 0 Å². The average molecular weight is 437 g/mol. The van der Waals surface area contributed by atoms with Gasteiger partial charge in [0.25, 0.3) is 0 Å². The fraction of sp³-hybridized carbons (Fsp3) is 0.300. The molecule has 0 bridgehead atoms. The molecule has 0 unspecified atom stereocenters.